The highest BCUT2D eigenvalue weighted by atomic mass is 32.2. The summed E-state index contributed by atoms with van der Waals surface area (Å²) in [5, 5.41) is 0. The van der Waals surface area contributed by atoms with Gasteiger partial charge in [-0.15, -0.1) is 11.3 Å². The van der Waals surface area contributed by atoms with Gasteiger partial charge in [-0.05, 0) is 43.3 Å². The summed E-state index contributed by atoms with van der Waals surface area (Å²) >= 11 is 1.22. The van der Waals surface area contributed by atoms with Crippen molar-refractivity contribution < 1.29 is 13.2 Å². The first-order valence-electron chi connectivity index (χ1n) is 7.16. The minimum Gasteiger partial charge on any atom is -0.345 e. The van der Waals surface area contributed by atoms with Crippen LogP contribution in [0.15, 0.2) is 40.6 Å². The lowest BCUT2D eigenvalue weighted by molar-refractivity contribution is 0.0827. The Labute approximate surface area is 146 Å². The molecule has 5 nitrogen and oxygen atoms in total. The number of nitrogens with zero attached hydrogens (tertiary/aromatic N) is 1. The zero-order valence-electron chi connectivity index (χ0n) is 13.7. The summed E-state index contributed by atoms with van der Waals surface area (Å²) in [6, 6.07) is 10.2. The van der Waals surface area contributed by atoms with E-state index in [4.69, 9.17) is 0 Å². The molecule has 0 radical (unpaired) electrons. The summed E-state index contributed by atoms with van der Waals surface area (Å²) < 4.78 is 26.8. The van der Waals surface area contributed by atoms with Gasteiger partial charge in [-0.2, -0.15) is 4.72 Å². The van der Waals surface area contributed by atoms with Crippen LogP contribution in [-0.4, -0.2) is 39.9 Å². The molecule has 0 fully saturated rings. The van der Waals surface area contributed by atoms with Crippen LogP contribution in [0.25, 0.3) is 0 Å². The first-order chi connectivity index (χ1) is 11.3. The highest BCUT2D eigenvalue weighted by Gasteiger charge is 2.14. The van der Waals surface area contributed by atoms with Crippen molar-refractivity contribution in [3.05, 3.63) is 52.4 Å². The van der Waals surface area contributed by atoms with E-state index in [1.807, 2.05) is 6.92 Å². The van der Waals surface area contributed by atoms with Crippen LogP contribution < -0.4 is 4.72 Å². The van der Waals surface area contributed by atoms with Crippen molar-refractivity contribution in [1.29, 1.82) is 0 Å². The van der Waals surface area contributed by atoms with Gasteiger partial charge in [0.25, 0.3) is 15.9 Å². The van der Waals surface area contributed by atoms with Gasteiger partial charge in [0.2, 0.25) is 0 Å². The molecule has 0 bridgehead atoms. The highest BCUT2D eigenvalue weighted by Crippen LogP contribution is 2.19. The van der Waals surface area contributed by atoms with Gasteiger partial charge in [-0.1, -0.05) is 11.8 Å². The van der Waals surface area contributed by atoms with Crippen molar-refractivity contribution >= 4 is 27.3 Å². The number of carbonyl (C=O) groups excluding carboxylic acids is 1. The Morgan fingerprint density at radius 1 is 1.17 bits per heavy atom. The molecule has 1 heterocycles. The van der Waals surface area contributed by atoms with Gasteiger partial charge in [0.15, 0.2) is 0 Å². The fraction of sp³-hybridized carbons (Fsp3) is 0.235. The highest BCUT2D eigenvalue weighted by molar-refractivity contribution is 7.91. The van der Waals surface area contributed by atoms with Crippen LogP contribution in [-0.2, 0) is 10.0 Å². The molecule has 0 saturated heterocycles. The number of hydrogen-bond donors (Lipinski definition) is 1. The van der Waals surface area contributed by atoms with E-state index in [-0.39, 0.29) is 16.7 Å². The number of hydrogen-bond acceptors (Lipinski definition) is 4. The van der Waals surface area contributed by atoms with Gasteiger partial charge in [-0.25, -0.2) is 8.42 Å². The molecule has 1 aromatic carbocycles. The lowest BCUT2D eigenvalue weighted by Crippen LogP contribution is -2.23. The third-order valence-electron chi connectivity index (χ3n) is 3.10. The van der Waals surface area contributed by atoms with Crippen LogP contribution in [0.3, 0.4) is 0 Å². The first kappa shape index (κ1) is 18.2. The Morgan fingerprint density at radius 3 is 2.38 bits per heavy atom. The van der Waals surface area contributed by atoms with Crippen LogP contribution in [0.4, 0.5) is 0 Å². The average molecular weight is 362 g/mol. The maximum absolute atomic E-state index is 12.0. The first-order valence-corrected chi connectivity index (χ1v) is 9.46. The van der Waals surface area contributed by atoms with Gasteiger partial charge < -0.3 is 4.90 Å². The second kappa shape index (κ2) is 7.62. The number of aryl methyl sites for hydroxylation is 1. The van der Waals surface area contributed by atoms with Gasteiger partial charge in [0.1, 0.15) is 4.21 Å². The quantitative estimate of drug-likeness (QED) is 0.847. The molecule has 7 heteroatoms. The number of nitrogens with one attached hydrogen (secondary N) is 1. The average Bonchev–Trinajstić information content (AvgIpc) is 2.99. The second-order valence-corrected chi connectivity index (χ2v) is 8.55. The van der Waals surface area contributed by atoms with E-state index in [0.29, 0.717) is 5.56 Å². The molecule has 1 amide bonds. The number of rotatable bonds is 4. The van der Waals surface area contributed by atoms with E-state index in [1.54, 1.807) is 50.5 Å². The number of sulfonamides is 1. The fourth-order valence-electron chi connectivity index (χ4n) is 1.86. The van der Waals surface area contributed by atoms with Crippen LogP contribution >= 0.6 is 11.3 Å². The minimum atomic E-state index is -3.51. The van der Waals surface area contributed by atoms with Gasteiger partial charge >= 0.3 is 0 Å². The molecule has 0 aliphatic rings. The molecule has 1 N–H and O–H groups in total. The van der Waals surface area contributed by atoms with Crippen LogP contribution in [0.1, 0.15) is 20.8 Å². The van der Waals surface area contributed by atoms with Crippen molar-refractivity contribution in [2.45, 2.75) is 11.1 Å². The summed E-state index contributed by atoms with van der Waals surface area (Å²) in [7, 11) is -0.122. The molecule has 0 aliphatic carbocycles. The standard InChI is InChI=1S/C17H18N2O3S2/c1-13-6-11-16(23-13)24(21,22)18-12-4-5-14-7-9-15(10-8-14)17(20)19(2)3/h6-11,18H,12H2,1-3H3. The van der Waals surface area contributed by atoms with Gasteiger partial charge in [-0.3, -0.25) is 4.79 Å². The molecule has 24 heavy (non-hydrogen) atoms. The third-order valence-corrected chi connectivity index (χ3v) is 6.00. The van der Waals surface area contributed by atoms with Crippen LogP contribution in [0, 0.1) is 18.8 Å². The second-order valence-electron chi connectivity index (χ2n) is 5.27. The Bertz CT molecular complexity index is 886. The van der Waals surface area contributed by atoms with Crippen molar-refractivity contribution in [2.24, 2.45) is 0 Å². The number of amides is 1. The van der Waals surface area contributed by atoms with Crippen molar-refractivity contribution in [3.63, 3.8) is 0 Å². The zero-order valence-corrected chi connectivity index (χ0v) is 15.3. The van der Waals surface area contributed by atoms with E-state index in [0.717, 1.165) is 10.4 Å². The van der Waals surface area contributed by atoms with Crippen molar-refractivity contribution in [2.75, 3.05) is 20.6 Å². The molecule has 2 rings (SSSR count). The minimum absolute atomic E-state index is 0.0255. The van der Waals surface area contributed by atoms with E-state index in [9.17, 15) is 13.2 Å². The monoisotopic (exact) mass is 362 g/mol. The summed E-state index contributed by atoms with van der Waals surface area (Å²) in [6.45, 7) is 1.88. The molecular weight excluding hydrogens is 344 g/mol. The summed E-state index contributed by atoms with van der Waals surface area (Å²) in [5.41, 5.74) is 1.30. The number of carbonyl (C=O) groups is 1. The third kappa shape index (κ3) is 4.68. The maximum Gasteiger partial charge on any atom is 0.253 e. The predicted molar refractivity (Wildman–Crippen MR) is 95.6 cm³/mol. The normalized spacial score (nSPS) is 10.8. The Hall–Kier alpha value is -2.14. The van der Waals surface area contributed by atoms with Crippen molar-refractivity contribution in [1.82, 2.24) is 9.62 Å². The SMILES string of the molecule is Cc1ccc(S(=O)(=O)NCC#Cc2ccc(C(=O)N(C)C)cc2)s1. The Kier molecular flexibility index (Phi) is 5.78. The van der Waals surface area contributed by atoms with E-state index >= 15 is 0 Å². The number of thiophene rings is 1. The van der Waals surface area contributed by atoms with Crippen LogP contribution in [0.5, 0.6) is 0 Å². The molecule has 0 aliphatic heterocycles. The summed E-state index contributed by atoms with van der Waals surface area (Å²) in [5.74, 6) is 5.57. The van der Waals surface area contributed by atoms with Gasteiger partial charge in [0.05, 0.1) is 6.54 Å². The topological polar surface area (TPSA) is 66.5 Å². The predicted octanol–water partition coefficient (Wildman–Crippen LogP) is 2.09. The molecule has 0 atom stereocenters. The van der Waals surface area contributed by atoms with Crippen LogP contribution in [0.2, 0.25) is 0 Å². The fourth-order valence-corrected chi connectivity index (χ4v) is 4.11. The lowest BCUT2D eigenvalue weighted by Gasteiger charge is -2.09. The van der Waals surface area contributed by atoms with Gasteiger partial charge in [0, 0.05) is 30.1 Å². The van der Waals surface area contributed by atoms with E-state index in [1.165, 1.54) is 16.2 Å². The van der Waals surface area contributed by atoms with E-state index < -0.39 is 10.0 Å². The molecule has 0 spiro atoms. The largest absolute Gasteiger partial charge is 0.345 e. The summed E-state index contributed by atoms with van der Waals surface area (Å²) in [4.78, 5) is 14.2. The Morgan fingerprint density at radius 2 is 1.83 bits per heavy atom. The molecule has 0 saturated carbocycles. The molecule has 2 aromatic rings. The molecule has 1 aromatic heterocycles. The number of benzene rings is 1. The molecule has 126 valence electrons. The molecule has 0 unspecified atom stereocenters. The smallest absolute Gasteiger partial charge is 0.253 e. The maximum atomic E-state index is 12.0. The van der Waals surface area contributed by atoms with Crippen molar-refractivity contribution in [3.8, 4) is 11.8 Å². The molecular formula is C17H18N2O3S2. The zero-order chi connectivity index (χ0) is 17.7. The van der Waals surface area contributed by atoms with E-state index in [2.05, 4.69) is 16.6 Å². The lowest BCUT2D eigenvalue weighted by atomic mass is 10.1. The Balaban J connectivity index is 1.97. The summed E-state index contributed by atoms with van der Waals surface area (Å²) in [6.07, 6.45) is 0.